The number of hydrogen-bond acceptors (Lipinski definition) is 4. The SMILES string of the molecule is CCNC(=NCC(C)(C)CCS(C)(=O)=O)NCCOCC. The fraction of sp³-hybridized carbons (Fsp3) is 0.929. The molecule has 0 aromatic carbocycles. The van der Waals surface area contributed by atoms with Gasteiger partial charge in [0.1, 0.15) is 9.84 Å². The summed E-state index contributed by atoms with van der Waals surface area (Å²) < 4.78 is 27.8. The van der Waals surface area contributed by atoms with Gasteiger partial charge in [-0.25, -0.2) is 8.42 Å². The van der Waals surface area contributed by atoms with Gasteiger partial charge in [-0.15, -0.1) is 0 Å². The molecule has 0 saturated heterocycles. The minimum Gasteiger partial charge on any atom is -0.380 e. The molecule has 2 N–H and O–H groups in total. The highest BCUT2D eigenvalue weighted by Crippen LogP contribution is 2.21. The van der Waals surface area contributed by atoms with Crippen molar-refractivity contribution in [2.75, 3.05) is 44.9 Å². The van der Waals surface area contributed by atoms with Crippen molar-refractivity contribution in [2.45, 2.75) is 34.1 Å². The van der Waals surface area contributed by atoms with Crippen LogP contribution in [0.15, 0.2) is 4.99 Å². The number of sulfone groups is 1. The molecular weight excluding hydrogens is 290 g/mol. The summed E-state index contributed by atoms with van der Waals surface area (Å²) in [6.07, 6.45) is 1.87. The average Bonchev–Trinajstić information content (AvgIpc) is 2.38. The van der Waals surface area contributed by atoms with Gasteiger partial charge in [-0.05, 0) is 25.7 Å². The molecule has 21 heavy (non-hydrogen) atoms. The highest BCUT2D eigenvalue weighted by atomic mass is 32.2. The van der Waals surface area contributed by atoms with E-state index in [1.807, 2.05) is 27.7 Å². The van der Waals surface area contributed by atoms with Gasteiger partial charge in [-0.2, -0.15) is 0 Å². The van der Waals surface area contributed by atoms with Crippen molar-refractivity contribution in [3.63, 3.8) is 0 Å². The summed E-state index contributed by atoms with van der Waals surface area (Å²) in [6.45, 7) is 11.4. The molecule has 7 heteroatoms. The van der Waals surface area contributed by atoms with Crippen LogP contribution in [0, 0.1) is 5.41 Å². The molecule has 0 spiro atoms. The molecule has 0 saturated carbocycles. The molecule has 0 atom stereocenters. The molecule has 0 fully saturated rings. The molecule has 0 bridgehead atoms. The Balaban J connectivity index is 4.37. The molecule has 0 aliphatic carbocycles. The molecule has 6 nitrogen and oxygen atoms in total. The zero-order chi connectivity index (χ0) is 16.4. The van der Waals surface area contributed by atoms with Crippen molar-refractivity contribution in [3.05, 3.63) is 0 Å². The summed E-state index contributed by atoms with van der Waals surface area (Å²) in [7, 11) is -2.92. The van der Waals surface area contributed by atoms with E-state index in [-0.39, 0.29) is 11.2 Å². The van der Waals surface area contributed by atoms with Gasteiger partial charge in [-0.3, -0.25) is 4.99 Å². The van der Waals surface area contributed by atoms with Crippen LogP contribution in [0.3, 0.4) is 0 Å². The molecule has 0 amide bonds. The van der Waals surface area contributed by atoms with Gasteiger partial charge in [0, 0.05) is 32.5 Å². The number of rotatable bonds is 10. The summed E-state index contributed by atoms with van der Waals surface area (Å²) in [5.41, 5.74) is -0.147. The lowest BCUT2D eigenvalue weighted by molar-refractivity contribution is 0.152. The van der Waals surface area contributed by atoms with E-state index in [0.717, 1.165) is 12.5 Å². The maximum absolute atomic E-state index is 11.2. The highest BCUT2D eigenvalue weighted by molar-refractivity contribution is 7.90. The summed E-state index contributed by atoms with van der Waals surface area (Å²) in [5, 5.41) is 6.37. The van der Waals surface area contributed by atoms with Gasteiger partial charge in [0.05, 0.1) is 12.4 Å². The van der Waals surface area contributed by atoms with E-state index >= 15 is 0 Å². The first kappa shape index (κ1) is 20.2. The van der Waals surface area contributed by atoms with Crippen LogP contribution >= 0.6 is 0 Å². The fourth-order valence-electron chi connectivity index (χ4n) is 1.56. The Hall–Kier alpha value is -0.820. The maximum atomic E-state index is 11.2. The Morgan fingerprint density at radius 2 is 1.90 bits per heavy atom. The highest BCUT2D eigenvalue weighted by Gasteiger charge is 2.20. The van der Waals surface area contributed by atoms with E-state index in [1.165, 1.54) is 6.26 Å². The Morgan fingerprint density at radius 3 is 2.43 bits per heavy atom. The lowest BCUT2D eigenvalue weighted by atomic mass is 9.90. The van der Waals surface area contributed by atoms with Gasteiger partial charge in [0.2, 0.25) is 0 Å². The summed E-state index contributed by atoms with van der Waals surface area (Å²) in [5.74, 6) is 0.939. The van der Waals surface area contributed by atoms with E-state index in [0.29, 0.717) is 32.7 Å². The molecular formula is C14H31N3O3S. The average molecular weight is 321 g/mol. The third kappa shape index (κ3) is 12.6. The van der Waals surface area contributed by atoms with E-state index in [4.69, 9.17) is 4.74 Å². The van der Waals surface area contributed by atoms with Gasteiger partial charge in [-0.1, -0.05) is 13.8 Å². The first-order chi connectivity index (χ1) is 9.70. The molecule has 0 unspecified atom stereocenters. The minimum absolute atomic E-state index is 0.147. The zero-order valence-corrected chi connectivity index (χ0v) is 14.8. The van der Waals surface area contributed by atoms with Crippen LogP contribution in [0.2, 0.25) is 0 Å². The number of guanidine groups is 1. The molecule has 0 heterocycles. The smallest absolute Gasteiger partial charge is 0.191 e. The third-order valence-corrected chi connectivity index (χ3v) is 3.85. The normalized spacial score (nSPS) is 13.3. The second kappa shape index (κ2) is 10.00. The van der Waals surface area contributed by atoms with E-state index in [2.05, 4.69) is 15.6 Å². The van der Waals surface area contributed by atoms with Gasteiger partial charge < -0.3 is 15.4 Å². The topological polar surface area (TPSA) is 79.8 Å². The van der Waals surface area contributed by atoms with Crippen LogP contribution in [0.5, 0.6) is 0 Å². The first-order valence-electron chi connectivity index (χ1n) is 7.48. The lowest BCUT2D eigenvalue weighted by Gasteiger charge is -2.22. The number of nitrogens with one attached hydrogen (secondary N) is 2. The Morgan fingerprint density at radius 1 is 1.24 bits per heavy atom. The van der Waals surface area contributed by atoms with Crippen LogP contribution in [0.4, 0.5) is 0 Å². The van der Waals surface area contributed by atoms with Gasteiger partial charge in [0.15, 0.2) is 5.96 Å². The quantitative estimate of drug-likeness (QED) is 0.357. The van der Waals surface area contributed by atoms with Gasteiger partial charge >= 0.3 is 0 Å². The van der Waals surface area contributed by atoms with E-state index in [9.17, 15) is 8.42 Å². The largest absolute Gasteiger partial charge is 0.380 e. The van der Waals surface area contributed by atoms with Crippen molar-refractivity contribution in [3.8, 4) is 0 Å². The molecule has 0 aromatic heterocycles. The maximum Gasteiger partial charge on any atom is 0.191 e. The van der Waals surface area contributed by atoms with Crippen LogP contribution in [-0.4, -0.2) is 59.2 Å². The molecule has 0 radical (unpaired) electrons. The van der Waals surface area contributed by atoms with E-state index < -0.39 is 9.84 Å². The zero-order valence-electron chi connectivity index (χ0n) is 14.0. The lowest BCUT2D eigenvalue weighted by Crippen LogP contribution is -2.39. The number of nitrogens with zero attached hydrogens (tertiary/aromatic N) is 1. The molecule has 0 aromatic rings. The first-order valence-corrected chi connectivity index (χ1v) is 9.54. The van der Waals surface area contributed by atoms with Crippen molar-refractivity contribution in [1.82, 2.24) is 10.6 Å². The Kier molecular flexibility index (Phi) is 9.61. The summed E-state index contributed by atoms with van der Waals surface area (Å²) >= 11 is 0. The molecule has 0 aliphatic heterocycles. The van der Waals surface area contributed by atoms with Crippen LogP contribution in [-0.2, 0) is 14.6 Å². The third-order valence-electron chi connectivity index (χ3n) is 2.90. The number of hydrogen-bond donors (Lipinski definition) is 2. The van der Waals surface area contributed by atoms with Gasteiger partial charge in [0.25, 0.3) is 0 Å². The standard InChI is InChI=1S/C14H31N3O3S/c1-6-15-13(16-9-10-20-7-2)17-12-14(3,4)8-11-21(5,18)19/h6-12H2,1-5H3,(H2,15,16,17). The second-order valence-electron chi connectivity index (χ2n) is 5.86. The predicted molar refractivity (Wildman–Crippen MR) is 88.6 cm³/mol. The molecule has 0 rings (SSSR count). The monoisotopic (exact) mass is 321 g/mol. The second-order valence-corrected chi connectivity index (χ2v) is 8.12. The van der Waals surface area contributed by atoms with Crippen molar-refractivity contribution in [1.29, 1.82) is 0 Å². The Labute approximate surface area is 129 Å². The fourth-order valence-corrected chi connectivity index (χ4v) is 2.48. The van der Waals surface area contributed by atoms with Crippen molar-refractivity contribution in [2.24, 2.45) is 10.4 Å². The predicted octanol–water partition coefficient (Wildman–Crippen LogP) is 1.04. The molecule has 0 aliphatic rings. The molecule has 126 valence electrons. The minimum atomic E-state index is -2.92. The van der Waals surface area contributed by atoms with Crippen LogP contribution < -0.4 is 10.6 Å². The van der Waals surface area contributed by atoms with Crippen LogP contribution in [0.25, 0.3) is 0 Å². The van der Waals surface area contributed by atoms with Crippen molar-refractivity contribution >= 4 is 15.8 Å². The summed E-state index contributed by atoms with van der Waals surface area (Å²) in [6, 6.07) is 0. The Bertz CT molecular complexity index is 406. The summed E-state index contributed by atoms with van der Waals surface area (Å²) in [4.78, 5) is 4.53. The van der Waals surface area contributed by atoms with Crippen LogP contribution in [0.1, 0.15) is 34.1 Å². The number of ether oxygens (including phenoxy) is 1. The van der Waals surface area contributed by atoms with E-state index in [1.54, 1.807) is 0 Å². The van der Waals surface area contributed by atoms with Crippen molar-refractivity contribution < 1.29 is 13.2 Å². The number of aliphatic imine (C=N–C) groups is 1.